The van der Waals surface area contributed by atoms with E-state index < -0.39 is 4.92 Å². The Hall–Kier alpha value is -2.60. The van der Waals surface area contributed by atoms with Crippen molar-refractivity contribution in [3.63, 3.8) is 0 Å². The van der Waals surface area contributed by atoms with Crippen LogP contribution in [0.2, 0.25) is 5.02 Å². The number of carbonyl (C=O) groups is 1. The number of amides is 1. The Kier molecular flexibility index (Phi) is 5.73. The van der Waals surface area contributed by atoms with E-state index in [4.69, 9.17) is 11.6 Å². The summed E-state index contributed by atoms with van der Waals surface area (Å²) in [5.74, 6) is -0.343. The quantitative estimate of drug-likeness (QED) is 0.575. The van der Waals surface area contributed by atoms with Crippen molar-refractivity contribution >= 4 is 28.9 Å². The van der Waals surface area contributed by atoms with E-state index >= 15 is 0 Å². The number of hydrogen-bond donors (Lipinski definition) is 2. The number of halogens is 1. The predicted octanol–water partition coefficient (Wildman–Crippen LogP) is 4.53. The van der Waals surface area contributed by atoms with Crippen molar-refractivity contribution in [3.8, 4) is 0 Å². The van der Waals surface area contributed by atoms with Crippen LogP contribution in [0.25, 0.3) is 0 Å². The molecule has 0 aromatic heterocycles. The lowest BCUT2D eigenvalue weighted by molar-refractivity contribution is -0.384. The van der Waals surface area contributed by atoms with Crippen molar-refractivity contribution in [2.45, 2.75) is 38.3 Å². The van der Waals surface area contributed by atoms with E-state index in [1.165, 1.54) is 12.1 Å². The molecule has 1 amide bonds. The van der Waals surface area contributed by atoms with Crippen molar-refractivity contribution in [2.24, 2.45) is 0 Å². The third-order valence-electron chi connectivity index (χ3n) is 4.54. The van der Waals surface area contributed by atoms with Crippen LogP contribution in [0.15, 0.2) is 42.5 Å². The van der Waals surface area contributed by atoms with Crippen molar-refractivity contribution in [3.05, 3.63) is 68.7 Å². The molecule has 0 radical (unpaired) electrons. The van der Waals surface area contributed by atoms with Crippen LogP contribution in [-0.2, 0) is 6.54 Å². The van der Waals surface area contributed by atoms with Crippen LogP contribution in [0.1, 0.15) is 41.6 Å². The molecule has 1 fully saturated rings. The van der Waals surface area contributed by atoms with Crippen LogP contribution in [0.5, 0.6) is 0 Å². The summed E-state index contributed by atoms with van der Waals surface area (Å²) in [7, 11) is 0. The molecule has 0 atom stereocenters. The highest BCUT2D eigenvalue weighted by Crippen LogP contribution is 2.27. The largest absolute Gasteiger partial charge is 0.382 e. The molecule has 1 aliphatic carbocycles. The van der Waals surface area contributed by atoms with E-state index in [2.05, 4.69) is 10.6 Å². The Bertz CT molecular complexity index is 802. The molecule has 1 aliphatic rings. The second-order valence-corrected chi connectivity index (χ2v) is 6.86. The number of non-ortho nitro benzene ring substituents is 1. The zero-order valence-corrected chi connectivity index (χ0v) is 15.0. The lowest BCUT2D eigenvalue weighted by Gasteiger charge is -2.17. The molecule has 1 saturated carbocycles. The molecular weight excluding hydrogens is 354 g/mol. The van der Waals surface area contributed by atoms with Gasteiger partial charge in [0.15, 0.2) is 0 Å². The number of hydrogen-bond acceptors (Lipinski definition) is 4. The van der Waals surface area contributed by atoms with Gasteiger partial charge in [0.1, 0.15) is 0 Å². The minimum atomic E-state index is -0.491. The molecule has 136 valence electrons. The number of benzene rings is 2. The molecule has 2 aromatic carbocycles. The number of nitro benzene ring substituents is 1. The molecular formula is C19H20ClN3O3. The summed E-state index contributed by atoms with van der Waals surface area (Å²) in [6.45, 7) is 0.321. The van der Waals surface area contributed by atoms with Gasteiger partial charge in [0.05, 0.1) is 10.5 Å². The summed E-state index contributed by atoms with van der Waals surface area (Å²) in [5, 5.41) is 17.9. The molecule has 0 spiro atoms. The van der Waals surface area contributed by atoms with Crippen LogP contribution in [-0.4, -0.2) is 16.9 Å². The van der Waals surface area contributed by atoms with Crippen LogP contribution in [0.3, 0.4) is 0 Å². The zero-order valence-electron chi connectivity index (χ0n) is 14.2. The first kappa shape index (κ1) is 18.2. The molecule has 6 nitrogen and oxygen atoms in total. The second kappa shape index (κ2) is 8.19. The summed E-state index contributed by atoms with van der Waals surface area (Å²) in [6.07, 6.45) is 4.40. The highest BCUT2D eigenvalue weighted by molar-refractivity contribution is 6.30. The molecule has 26 heavy (non-hydrogen) atoms. The predicted molar refractivity (Wildman–Crippen MR) is 102 cm³/mol. The van der Waals surface area contributed by atoms with Gasteiger partial charge in [-0.25, -0.2) is 0 Å². The van der Waals surface area contributed by atoms with Gasteiger partial charge in [-0.15, -0.1) is 0 Å². The van der Waals surface area contributed by atoms with E-state index in [1.807, 2.05) is 12.1 Å². The van der Waals surface area contributed by atoms with Gasteiger partial charge in [-0.2, -0.15) is 0 Å². The van der Waals surface area contributed by atoms with Gasteiger partial charge >= 0.3 is 0 Å². The highest BCUT2D eigenvalue weighted by atomic mass is 35.5. The minimum absolute atomic E-state index is 0.0985. The Labute approximate surface area is 156 Å². The minimum Gasteiger partial charge on any atom is -0.382 e. The molecule has 0 aliphatic heterocycles. The SMILES string of the molecule is O=C(NCc1ccc(Cl)cc1)c1cc([N+](=O)[O-])ccc1NC1CCCC1. The van der Waals surface area contributed by atoms with Crippen LogP contribution in [0.4, 0.5) is 11.4 Å². The maximum atomic E-state index is 12.7. The number of nitrogens with zero attached hydrogens (tertiary/aromatic N) is 1. The van der Waals surface area contributed by atoms with Gasteiger partial charge in [-0.3, -0.25) is 14.9 Å². The summed E-state index contributed by atoms with van der Waals surface area (Å²) in [4.78, 5) is 23.2. The standard InChI is InChI=1S/C19H20ClN3O3/c20-14-7-5-13(6-8-14)12-21-19(24)17-11-16(23(25)26)9-10-18(17)22-15-3-1-2-4-15/h5-11,15,22H,1-4,12H2,(H,21,24). The third-order valence-corrected chi connectivity index (χ3v) is 4.79. The van der Waals surface area contributed by atoms with E-state index in [0.29, 0.717) is 28.9 Å². The Balaban J connectivity index is 1.77. The van der Waals surface area contributed by atoms with Gasteiger partial charge in [0.2, 0.25) is 0 Å². The number of nitrogens with one attached hydrogen (secondary N) is 2. The van der Waals surface area contributed by atoms with Crippen molar-refractivity contribution in [1.29, 1.82) is 0 Å². The number of anilines is 1. The second-order valence-electron chi connectivity index (χ2n) is 6.42. The van der Waals surface area contributed by atoms with Crippen molar-refractivity contribution in [2.75, 3.05) is 5.32 Å². The number of carbonyl (C=O) groups excluding carboxylic acids is 1. The molecule has 0 bridgehead atoms. The molecule has 7 heteroatoms. The van der Waals surface area contributed by atoms with Crippen molar-refractivity contribution < 1.29 is 9.72 Å². The number of nitro groups is 1. The summed E-state index contributed by atoms with van der Waals surface area (Å²) < 4.78 is 0. The summed E-state index contributed by atoms with van der Waals surface area (Å²) >= 11 is 5.86. The van der Waals surface area contributed by atoms with Crippen LogP contribution >= 0.6 is 11.6 Å². The van der Waals surface area contributed by atoms with Crippen LogP contribution in [0, 0.1) is 10.1 Å². The molecule has 2 N–H and O–H groups in total. The Morgan fingerprint density at radius 1 is 1.15 bits per heavy atom. The first-order valence-corrected chi connectivity index (χ1v) is 8.98. The maximum absolute atomic E-state index is 12.7. The fourth-order valence-corrected chi connectivity index (χ4v) is 3.26. The fraction of sp³-hybridized carbons (Fsp3) is 0.316. The average Bonchev–Trinajstić information content (AvgIpc) is 3.14. The normalized spacial score (nSPS) is 14.2. The van der Waals surface area contributed by atoms with Gasteiger partial charge in [0, 0.05) is 35.4 Å². The fourth-order valence-electron chi connectivity index (χ4n) is 3.13. The van der Waals surface area contributed by atoms with Gasteiger partial charge in [0.25, 0.3) is 11.6 Å². The van der Waals surface area contributed by atoms with Gasteiger partial charge in [-0.05, 0) is 36.6 Å². The van der Waals surface area contributed by atoms with Gasteiger partial charge < -0.3 is 10.6 Å². The van der Waals surface area contributed by atoms with Gasteiger partial charge in [-0.1, -0.05) is 36.6 Å². The van der Waals surface area contributed by atoms with Crippen molar-refractivity contribution in [1.82, 2.24) is 5.32 Å². The smallest absolute Gasteiger partial charge is 0.270 e. The molecule has 2 aromatic rings. The topological polar surface area (TPSA) is 84.3 Å². The monoisotopic (exact) mass is 373 g/mol. The maximum Gasteiger partial charge on any atom is 0.270 e. The lowest BCUT2D eigenvalue weighted by Crippen LogP contribution is -2.25. The highest BCUT2D eigenvalue weighted by Gasteiger charge is 2.20. The third kappa shape index (κ3) is 4.52. The average molecular weight is 374 g/mol. The van der Waals surface area contributed by atoms with E-state index in [-0.39, 0.29) is 11.6 Å². The summed E-state index contributed by atoms with van der Waals surface area (Å²) in [5.41, 5.74) is 1.73. The molecule has 0 unspecified atom stereocenters. The summed E-state index contributed by atoms with van der Waals surface area (Å²) in [6, 6.07) is 11.8. The lowest BCUT2D eigenvalue weighted by atomic mass is 10.1. The Morgan fingerprint density at radius 3 is 2.50 bits per heavy atom. The molecule has 3 rings (SSSR count). The zero-order chi connectivity index (χ0) is 18.5. The first-order chi connectivity index (χ1) is 12.5. The molecule has 0 heterocycles. The first-order valence-electron chi connectivity index (χ1n) is 8.60. The van der Waals surface area contributed by atoms with E-state index in [0.717, 1.165) is 31.2 Å². The van der Waals surface area contributed by atoms with Crippen LogP contribution < -0.4 is 10.6 Å². The molecule has 0 saturated heterocycles. The number of rotatable bonds is 6. The van der Waals surface area contributed by atoms with E-state index in [9.17, 15) is 14.9 Å². The van der Waals surface area contributed by atoms with E-state index in [1.54, 1.807) is 18.2 Å². The Morgan fingerprint density at radius 2 is 1.85 bits per heavy atom.